The van der Waals surface area contributed by atoms with Gasteiger partial charge in [-0.1, -0.05) is 13.8 Å². The van der Waals surface area contributed by atoms with E-state index in [0.29, 0.717) is 30.1 Å². The molecule has 6 nitrogen and oxygen atoms in total. The third kappa shape index (κ3) is 3.67. The summed E-state index contributed by atoms with van der Waals surface area (Å²) in [4.78, 5) is 19.5. The van der Waals surface area contributed by atoms with E-state index < -0.39 is 0 Å². The summed E-state index contributed by atoms with van der Waals surface area (Å²) < 4.78 is 16.6. The van der Waals surface area contributed by atoms with Gasteiger partial charge in [-0.2, -0.15) is 0 Å². The van der Waals surface area contributed by atoms with Gasteiger partial charge < -0.3 is 18.8 Å². The Morgan fingerprint density at radius 1 is 1.17 bits per heavy atom. The number of amides is 1. The van der Waals surface area contributed by atoms with Gasteiger partial charge in [0.25, 0.3) is 5.91 Å². The molecule has 0 radical (unpaired) electrons. The van der Waals surface area contributed by atoms with E-state index in [0.717, 1.165) is 29.0 Å². The van der Waals surface area contributed by atoms with E-state index in [2.05, 4.69) is 4.98 Å². The van der Waals surface area contributed by atoms with Crippen molar-refractivity contribution in [3.63, 3.8) is 0 Å². The van der Waals surface area contributed by atoms with Crippen LogP contribution in [0.3, 0.4) is 0 Å². The van der Waals surface area contributed by atoms with Crippen molar-refractivity contribution in [1.82, 2.24) is 9.88 Å². The van der Waals surface area contributed by atoms with Gasteiger partial charge in [0.15, 0.2) is 11.5 Å². The topological polar surface area (TPSA) is 64.8 Å². The van der Waals surface area contributed by atoms with E-state index >= 15 is 0 Å². The molecule has 6 heteroatoms. The van der Waals surface area contributed by atoms with E-state index in [4.69, 9.17) is 13.9 Å². The van der Waals surface area contributed by atoms with Crippen molar-refractivity contribution >= 4 is 17.0 Å². The van der Waals surface area contributed by atoms with E-state index in [-0.39, 0.29) is 17.7 Å². The quantitative estimate of drug-likeness (QED) is 0.633. The molecule has 1 aliphatic rings. The smallest absolute Gasteiger partial charge is 0.253 e. The van der Waals surface area contributed by atoms with Crippen LogP contribution in [0.2, 0.25) is 0 Å². The van der Waals surface area contributed by atoms with Crippen LogP contribution in [0.25, 0.3) is 11.1 Å². The Morgan fingerprint density at radius 2 is 2.00 bits per heavy atom. The van der Waals surface area contributed by atoms with E-state index in [1.165, 1.54) is 0 Å². The normalized spacial score (nSPS) is 16.6. The van der Waals surface area contributed by atoms with Crippen LogP contribution in [0.5, 0.6) is 11.5 Å². The Bertz CT molecular complexity index is 1040. The minimum absolute atomic E-state index is 0.0189. The number of carbonyl (C=O) groups is 1. The molecule has 0 N–H and O–H groups in total. The van der Waals surface area contributed by atoms with Crippen LogP contribution in [0, 0.1) is 0 Å². The van der Waals surface area contributed by atoms with Crippen LogP contribution < -0.4 is 9.47 Å². The fourth-order valence-corrected chi connectivity index (χ4v) is 3.86. The lowest BCUT2D eigenvalue weighted by Gasteiger charge is -2.18. The van der Waals surface area contributed by atoms with Crippen molar-refractivity contribution in [2.45, 2.75) is 32.1 Å². The molecular weight excluding hydrogens is 368 g/mol. The Hall–Kier alpha value is -3.02. The Labute approximate surface area is 170 Å². The Kier molecular flexibility index (Phi) is 5.18. The first-order valence-corrected chi connectivity index (χ1v) is 9.92. The lowest BCUT2D eigenvalue weighted by atomic mass is 9.97. The minimum atomic E-state index is 0.0189. The van der Waals surface area contributed by atoms with E-state index in [1.807, 2.05) is 55.1 Å². The highest BCUT2D eigenvalue weighted by Gasteiger charge is 2.30. The average Bonchev–Trinajstić information content (AvgIpc) is 3.39. The maximum Gasteiger partial charge on any atom is 0.253 e. The van der Waals surface area contributed by atoms with Crippen LogP contribution in [0.1, 0.15) is 53.9 Å². The molecule has 152 valence electrons. The predicted octanol–water partition coefficient (Wildman–Crippen LogP) is 4.60. The molecule has 1 unspecified atom stereocenters. The molecule has 1 atom stereocenters. The number of hydrogen-bond donors (Lipinski definition) is 0. The number of aromatic nitrogens is 1. The van der Waals surface area contributed by atoms with E-state index in [1.54, 1.807) is 14.2 Å². The monoisotopic (exact) mass is 394 g/mol. The summed E-state index contributed by atoms with van der Waals surface area (Å²) in [6.45, 7) is 5.43. The fraction of sp³-hybridized carbons (Fsp3) is 0.391. The molecule has 3 aromatic rings. The summed E-state index contributed by atoms with van der Waals surface area (Å²) in [5.74, 6) is 2.76. The zero-order chi connectivity index (χ0) is 20.5. The second-order valence-electron chi connectivity index (χ2n) is 7.73. The first-order chi connectivity index (χ1) is 14.0. The van der Waals surface area contributed by atoms with Gasteiger partial charge in [0.05, 0.1) is 14.2 Å². The zero-order valence-electron chi connectivity index (χ0n) is 17.3. The van der Waals surface area contributed by atoms with Crippen molar-refractivity contribution in [2.75, 3.05) is 27.3 Å². The number of methoxy groups -OCH3 is 2. The SMILES string of the molecule is COc1ccc(OC)c(C2CCN(C(=O)c3ccc4oc(C(C)C)nc4c3)C2)c1. The number of carbonyl (C=O) groups excluding carboxylic acids is 1. The number of nitrogens with zero attached hydrogens (tertiary/aromatic N) is 2. The van der Waals surface area contributed by atoms with Gasteiger partial charge in [-0.15, -0.1) is 0 Å². The highest BCUT2D eigenvalue weighted by Crippen LogP contribution is 2.36. The van der Waals surface area contributed by atoms with Gasteiger partial charge in [0.2, 0.25) is 0 Å². The predicted molar refractivity (Wildman–Crippen MR) is 111 cm³/mol. The third-order valence-electron chi connectivity index (χ3n) is 5.50. The van der Waals surface area contributed by atoms with Crippen molar-refractivity contribution in [3.8, 4) is 11.5 Å². The molecule has 1 fully saturated rings. The molecule has 1 saturated heterocycles. The molecule has 0 aliphatic carbocycles. The number of ether oxygens (including phenoxy) is 2. The summed E-state index contributed by atoms with van der Waals surface area (Å²) in [6, 6.07) is 11.3. The van der Waals surface area contributed by atoms with Crippen LogP contribution in [-0.4, -0.2) is 43.1 Å². The summed E-state index contributed by atoms with van der Waals surface area (Å²) in [6.07, 6.45) is 0.888. The highest BCUT2D eigenvalue weighted by atomic mass is 16.5. The van der Waals surface area contributed by atoms with Gasteiger partial charge >= 0.3 is 0 Å². The van der Waals surface area contributed by atoms with Crippen LogP contribution in [0.4, 0.5) is 0 Å². The lowest BCUT2D eigenvalue weighted by Crippen LogP contribution is -2.28. The Morgan fingerprint density at radius 3 is 2.72 bits per heavy atom. The molecule has 1 aliphatic heterocycles. The second-order valence-corrected chi connectivity index (χ2v) is 7.73. The van der Waals surface area contributed by atoms with Crippen molar-refractivity contribution in [2.24, 2.45) is 0 Å². The number of rotatable bonds is 5. The first-order valence-electron chi connectivity index (χ1n) is 9.92. The van der Waals surface area contributed by atoms with Gasteiger partial charge in [-0.05, 0) is 42.8 Å². The van der Waals surface area contributed by atoms with Crippen LogP contribution >= 0.6 is 0 Å². The standard InChI is InChI=1S/C23H26N2O4/c1-14(2)22-24-19-11-15(5-7-21(19)29-22)23(26)25-10-9-16(13-25)18-12-17(27-3)6-8-20(18)28-4/h5-8,11-12,14,16H,9-10,13H2,1-4H3. The Balaban J connectivity index is 1.55. The van der Waals surface area contributed by atoms with Gasteiger partial charge in [-0.25, -0.2) is 4.98 Å². The fourth-order valence-electron chi connectivity index (χ4n) is 3.86. The zero-order valence-corrected chi connectivity index (χ0v) is 17.3. The molecule has 2 heterocycles. The van der Waals surface area contributed by atoms with Gasteiger partial charge in [-0.3, -0.25) is 4.79 Å². The molecule has 1 amide bonds. The van der Waals surface area contributed by atoms with Crippen molar-refractivity contribution in [1.29, 1.82) is 0 Å². The van der Waals surface area contributed by atoms with Crippen molar-refractivity contribution in [3.05, 3.63) is 53.4 Å². The second kappa shape index (κ2) is 7.78. The maximum absolute atomic E-state index is 13.1. The third-order valence-corrected chi connectivity index (χ3v) is 5.50. The van der Waals surface area contributed by atoms with Crippen LogP contribution in [-0.2, 0) is 0 Å². The largest absolute Gasteiger partial charge is 0.497 e. The van der Waals surface area contributed by atoms with E-state index in [9.17, 15) is 4.79 Å². The minimum Gasteiger partial charge on any atom is -0.497 e. The molecule has 29 heavy (non-hydrogen) atoms. The molecule has 0 spiro atoms. The summed E-state index contributed by atoms with van der Waals surface area (Å²) in [5, 5.41) is 0. The molecule has 4 rings (SSSR count). The van der Waals surface area contributed by atoms with Gasteiger partial charge in [0, 0.05) is 36.1 Å². The number of hydrogen-bond acceptors (Lipinski definition) is 5. The number of fused-ring (bicyclic) bond motifs is 1. The summed E-state index contributed by atoms with van der Waals surface area (Å²) in [5.41, 5.74) is 3.16. The average molecular weight is 394 g/mol. The molecule has 1 aromatic heterocycles. The molecule has 0 saturated carbocycles. The molecular formula is C23H26N2O4. The number of benzene rings is 2. The van der Waals surface area contributed by atoms with Gasteiger partial charge in [0.1, 0.15) is 17.0 Å². The lowest BCUT2D eigenvalue weighted by molar-refractivity contribution is 0.0791. The maximum atomic E-state index is 13.1. The molecule has 0 bridgehead atoms. The first kappa shape index (κ1) is 19.3. The number of likely N-dealkylation sites (tertiary alicyclic amines) is 1. The van der Waals surface area contributed by atoms with Crippen molar-refractivity contribution < 1.29 is 18.7 Å². The summed E-state index contributed by atoms with van der Waals surface area (Å²) >= 11 is 0. The van der Waals surface area contributed by atoms with Crippen LogP contribution in [0.15, 0.2) is 40.8 Å². The summed E-state index contributed by atoms with van der Waals surface area (Å²) in [7, 11) is 3.32. The number of oxazole rings is 1. The molecule has 2 aromatic carbocycles. The highest BCUT2D eigenvalue weighted by molar-refractivity contribution is 5.97.